The fraction of sp³-hybridized carbons (Fsp3) is 0.118. The molecule has 0 saturated heterocycles. The monoisotopic (exact) mass is 292 g/mol. The maximum absolute atomic E-state index is 12.4. The molecule has 3 aromatic rings. The SMILES string of the molecule is Cn1nc(-c2ccccn2)cc(C(N)c2ccccc2)c1=O. The summed E-state index contributed by atoms with van der Waals surface area (Å²) in [5.74, 6) is 0. The van der Waals surface area contributed by atoms with Crippen LogP contribution in [0.5, 0.6) is 0 Å². The van der Waals surface area contributed by atoms with Crippen LogP contribution in [0.25, 0.3) is 11.4 Å². The Bertz CT molecular complexity index is 828. The van der Waals surface area contributed by atoms with Crippen molar-refractivity contribution in [3.63, 3.8) is 0 Å². The van der Waals surface area contributed by atoms with Gasteiger partial charge < -0.3 is 5.73 Å². The molecule has 1 atom stereocenters. The molecule has 0 bridgehead atoms. The highest BCUT2D eigenvalue weighted by molar-refractivity contribution is 5.54. The average Bonchev–Trinajstić information content (AvgIpc) is 2.58. The van der Waals surface area contributed by atoms with Gasteiger partial charge in [0.1, 0.15) is 5.69 Å². The molecule has 0 aliphatic rings. The highest BCUT2D eigenvalue weighted by atomic mass is 16.1. The van der Waals surface area contributed by atoms with E-state index in [2.05, 4.69) is 10.1 Å². The number of aromatic nitrogens is 3. The maximum atomic E-state index is 12.4. The second-order valence-electron chi connectivity index (χ2n) is 5.02. The molecule has 3 rings (SSSR count). The highest BCUT2D eigenvalue weighted by Crippen LogP contribution is 2.20. The van der Waals surface area contributed by atoms with E-state index in [1.807, 2.05) is 48.5 Å². The lowest BCUT2D eigenvalue weighted by Crippen LogP contribution is -2.29. The van der Waals surface area contributed by atoms with Crippen molar-refractivity contribution >= 4 is 0 Å². The van der Waals surface area contributed by atoms with Crippen LogP contribution in [0.4, 0.5) is 0 Å². The molecule has 22 heavy (non-hydrogen) atoms. The second-order valence-corrected chi connectivity index (χ2v) is 5.02. The van der Waals surface area contributed by atoms with Crippen molar-refractivity contribution < 1.29 is 0 Å². The second kappa shape index (κ2) is 5.91. The lowest BCUT2D eigenvalue weighted by Gasteiger charge is -2.14. The fourth-order valence-corrected chi connectivity index (χ4v) is 2.33. The predicted molar refractivity (Wildman–Crippen MR) is 85.2 cm³/mol. The Kier molecular flexibility index (Phi) is 3.80. The number of aryl methyl sites for hydroxylation is 1. The summed E-state index contributed by atoms with van der Waals surface area (Å²) < 4.78 is 1.31. The molecule has 5 nitrogen and oxygen atoms in total. The van der Waals surface area contributed by atoms with E-state index in [0.717, 1.165) is 5.56 Å². The van der Waals surface area contributed by atoms with E-state index in [4.69, 9.17) is 5.73 Å². The molecule has 0 aliphatic heterocycles. The van der Waals surface area contributed by atoms with Gasteiger partial charge in [-0.1, -0.05) is 36.4 Å². The molecule has 5 heteroatoms. The molecule has 1 unspecified atom stereocenters. The summed E-state index contributed by atoms with van der Waals surface area (Å²) in [5.41, 5.74) is 8.80. The fourth-order valence-electron chi connectivity index (χ4n) is 2.33. The minimum atomic E-state index is -0.495. The molecule has 0 spiro atoms. The summed E-state index contributed by atoms with van der Waals surface area (Å²) in [6.07, 6.45) is 1.69. The number of nitrogens with two attached hydrogens (primary N) is 1. The Morgan fingerprint density at radius 1 is 1.05 bits per heavy atom. The van der Waals surface area contributed by atoms with E-state index in [0.29, 0.717) is 17.0 Å². The van der Waals surface area contributed by atoms with Crippen molar-refractivity contribution in [3.8, 4) is 11.4 Å². The molecule has 0 radical (unpaired) electrons. The first-order chi connectivity index (χ1) is 10.7. The van der Waals surface area contributed by atoms with Gasteiger partial charge in [-0.3, -0.25) is 9.78 Å². The van der Waals surface area contributed by atoms with E-state index in [1.54, 1.807) is 19.3 Å². The van der Waals surface area contributed by atoms with Gasteiger partial charge in [-0.05, 0) is 23.8 Å². The molecule has 110 valence electrons. The molecule has 0 amide bonds. The van der Waals surface area contributed by atoms with Crippen LogP contribution < -0.4 is 11.3 Å². The van der Waals surface area contributed by atoms with Crippen LogP contribution in [0.2, 0.25) is 0 Å². The van der Waals surface area contributed by atoms with Gasteiger partial charge in [-0.2, -0.15) is 5.10 Å². The zero-order chi connectivity index (χ0) is 15.5. The summed E-state index contributed by atoms with van der Waals surface area (Å²) in [6.45, 7) is 0. The molecule has 1 aromatic carbocycles. The number of hydrogen-bond donors (Lipinski definition) is 1. The van der Waals surface area contributed by atoms with Crippen molar-refractivity contribution in [2.75, 3.05) is 0 Å². The van der Waals surface area contributed by atoms with Gasteiger partial charge in [-0.25, -0.2) is 4.68 Å². The van der Waals surface area contributed by atoms with Gasteiger partial charge in [0.05, 0.1) is 11.7 Å². The summed E-state index contributed by atoms with van der Waals surface area (Å²) in [4.78, 5) is 16.6. The Hall–Kier alpha value is -2.79. The Balaban J connectivity index is 2.12. The third-order valence-electron chi connectivity index (χ3n) is 3.51. The Labute approximate surface area is 128 Å². The first-order valence-electron chi connectivity index (χ1n) is 6.97. The lowest BCUT2D eigenvalue weighted by molar-refractivity contribution is 0.683. The van der Waals surface area contributed by atoms with Crippen molar-refractivity contribution in [2.24, 2.45) is 12.8 Å². The largest absolute Gasteiger partial charge is 0.320 e. The molecular weight excluding hydrogens is 276 g/mol. The van der Waals surface area contributed by atoms with Crippen LogP contribution in [0.15, 0.2) is 65.6 Å². The molecule has 2 N–H and O–H groups in total. The average molecular weight is 292 g/mol. The zero-order valence-corrected chi connectivity index (χ0v) is 12.2. The summed E-state index contributed by atoms with van der Waals surface area (Å²) in [5, 5.41) is 4.27. The number of pyridine rings is 1. The van der Waals surface area contributed by atoms with Gasteiger partial charge in [0, 0.05) is 18.8 Å². The van der Waals surface area contributed by atoms with Crippen molar-refractivity contribution in [2.45, 2.75) is 6.04 Å². The molecular formula is C17H16N4O. The lowest BCUT2D eigenvalue weighted by atomic mass is 10.0. The van der Waals surface area contributed by atoms with Gasteiger partial charge in [0.15, 0.2) is 0 Å². The van der Waals surface area contributed by atoms with E-state index < -0.39 is 6.04 Å². The minimum absolute atomic E-state index is 0.198. The maximum Gasteiger partial charge on any atom is 0.271 e. The summed E-state index contributed by atoms with van der Waals surface area (Å²) in [7, 11) is 1.62. The van der Waals surface area contributed by atoms with Crippen LogP contribution in [0.3, 0.4) is 0 Å². The zero-order valence-electron chi connectivity index (χ0n) is 12.2. The van der Waals surface area contributed by atoms with Crippen LogP contribution in [-0.2, 0) is 7.05 Å². The number of benzene rings is 1. The van der Waals surface area contributed by atoms with E-state index in [9.17, 15) is 4.79 Å². The van der Waals surface area contributed by atoms with Gasteiger partial charge in [0.25, 0.3) is 5.56 Å². The molecule has 0 fully saturated rings. The van der Waals surface area contributed by atoms with E-state index >= 15 is 0 Å². The van der Waals surface area contributed by atoms with Crippen LogP contribution in [0, 0.1) is 0 Å². The molecule has 2 heterocycles. The van der Waals surface area contributed by atoms with E-state index in [1.165, 1.54) is 4.68 Å². The number of nitrogens with zero attached hydrogens (tertiary/aromatic N) is 3. The third kappa shape index (κ3) is 2.66. The van der Waals surface area contributed by atoms with Gasteiger partial charge in [0.2, 0.25) is 0 Å². The molecule has 0 saturated carbocycles. The van der Waals surface area contributed by atoms with Gasteiger partial charge in [-0.15, -0.1) is 0 Å². The normalized spacial score (nSPS) is 12.1. The van der Waals surface area contributed by atoms with Crippen molar-refractivity contribution in [1.29, 1.82) is 0 Å². The van der Waals surface area contributed by atoms with Gasteiger partial charge >= 0.3 is 0 Å². The Morgan fingerprint density at radius 2 is 1.77 bits per heavy atom. The van der Waals surface area contributed by atoms with E-state index in [-0.39, 0.29) is 5.56 Å². The van der Waals surface area contributed by atoms with Crippen molar-refractivity contribution in [3.05, 3.63) is 82.3 Å². The first kappa shape index (κ1) is 14.2. The Morgan fingerprint density at radius 3 is 2.45 bits per heavy atom. The molecule has 0 aliphatic carbocycles. The number of hydrogen-bond acceptors (Lipinski definition) is 4. The molecule has 2 aromatic heterocycles. The van der Waals surface area contributed by atoms with Crippen LogP contribution >= 0.6 is 0 Å². The topological polar surface area (TPSA) is 73.8 Å². The summed E-state index contributed by atoms with van der Waals surface area (Å²) >= 11 is 0. The highest BCUT2D eigenvalue weighted by Gasteiger charge is 2.16. The quantitative estimate of drug-likeness (QED) is 0.800. The predicted octanol–water partition coefficient (Wildman–Crippen LogP) is 1.89. The third-order valence-corrected chi connectivity index (χ3v) is 3.51. The van der Waals surface area contributed by atoms with Crippen molar-refractivity contribution in [1.82, 2.24) is 14.8 Å². The minimum Gasteiger partial charge on any atom is -0.320 e. The van der Waals surface area contributed by atoms with Crippen LogP contribution in [0.1, 0.15) is 17.2 Å². The number of rotatable bonds is 3. The standard InChI is InChI=1S/C17H16N4O/c1-21-17(22)13(16(18)12-7-3-2-4-8-12)11-15(20-21)14-9-5-6-10-19-14/h2-11,16H,18H2,1H3. The smallest absolute Gasteiger partial charge is 0.271 e. The summed E-state index contributed by atoms with van der Waals surface area (Å²) in [6, 6.07) is 16.3. The first-order valence-corrected chi connectivity index (χ1v) is 6.97. The van der Waals surface area contributed by atoms with Crippen LogP contribution in [-0.4, -0.2) is 14.8 Å².